The van der Waals surface area contributed by atoms with Crippen LogP contribution >= 0.6 is 0 Å². The Hall–Kier alpha value is -3.00. The Kier molecular flexibility index (Phi) is 7.45. The molecule has 2 aromatic rings. The lowest BCUT2D eigenvalue weighted by Crippen LogP contribution is -2.26. The third-order valence-electron chi connectivity index (χ3n) is 3.65. The zero-order valence-corrected chi connectivity index (χ0v) is 15.4. The van der Waals surface area contributed by atoms with E-state index in [0.717, 1.165) is 0 Å². The molecule has 0 aliphatic heterocycles. The first-order valence-corrected chi connectivity index (χ1v) is 8.31. The molecule has 0 fully saturated rings. The van der Waals surface area contributed by atoms with E-state index in [1.165, 1.54) is 31.4 Å². The zero-order chi connectivity index (χ0) is 20.6. The lowest BCUT2D eigenvalue weighted by atomic mass is 10.1. The van der Waals surface area contributed by atoms with Crippen LogP contribution in [-0.2, 0) is 4.74 Å². The molecule has 1 N–H and O–H groups in total. The number of methoxy groups -OCH3 is 2. The van der Waals surface area contributed by atoms with Crippen LogP contribution in [0.5, 0.6) is 11.5 Å². The van der Waals surface area contributed by atoms with Crippen molar-refractivity contribution in [3.63, 3.8) is 0 Å². The normalized spacial score (nSPS) is 11.5. The van der Waals surface area contributed by atoms with Crippen LogP contribution in [0.1, 0.15) is 21.5 Å². The molecule has 0 heterocycles. The van der Waals surface area contributed by atoms with Gasteiger partial charge in [-0.1, -0.05) is 24.3 Å². The molecular weight excluding hydrogens is 375 g/mol. The van der Waals surface area contributed by atoms with Gasteiger partial charge in [-0.05, 0) is 35.9 Å². The van der Waals surface area contributed by atoms with Gasteiger partial charge in [0.05, 0.1) is 13.7 Å². The highest BCUT2D eigenvalue weighted by Gasteiger charge is 2.30. The largest absolute Gasteiger partial charge is 0.573 e. The van der Waals surface area contributed by atoms with Crippen LogP contribution < -0.4 is 14.8 Å². The van der Waals surface area contributed by atoms with Gasteiger partial charge in [0, 0.05) is 24.8 Å². The zero-order valence-electron chi connectivity index (χ0n) is 15.4. The SMILES string of the molecule is COCCNC(=O)c1ccc(OC)c(/C=C/c2ccc(OC(F)(F)F)cc2)c1. The average molecular weight is 395 g/mol. The monoisotopic (exact) mass is 395 g/mol. The minimum absolute atomic E-state index is 0.247. The Bertz CT molecular complexity index is 817. The van der Waals surface area contributed by atoms with Gasteiger partial charge in [0.15, 0.2) is 0 Å². The molecular formula is C20H20F3NO4. The minimum Gasteiger partial charge on any atom is -0.496 e. The summed E-state index contributed by atoms with van der Waals surface area (Å²) in [5.41, 5.74) is 1.76. The van der Waals surface area contributed by atoms with Gasteiger partial charge in [0.2, 0.25) is 0 Å². The first-order valence-electron chi connectivity index (χ1n) is 8.31. The summed E-state index contributed by atoms with van der Waals surface area (Å²) in [4.78, 5) is 12.2. The van der Waals surface area contributed by atoms with Gasteiger partial charge >= 0.3 is 6.36 Å². The van der Waals surface area contributed by atoms with Crippen molar-refractivity contribution < 1.29 is 32.2 Å². The van der Waals surface area contributed by atoms with Crippen LogP contribution in [0.4, 0.5) is 13.2 Å². The van der Waals surface area contributed by atoms with E-state index >= 15 is 0 Å². The van der Waals surface area contributed by atoms with Crippen molar-refractivity contribution in [1.82, 2.24) is 5.32 Å². The number of nitrogens with one attached hydrogen (secondary N) is 1. The van der Waals surface area contributed by atoms with E-state index in [9.17, 15) is 18.0 Å². The van der Waals surface area contributed by atoms with Crippen molar-refractivity contribution in [2.24, 2.45) is 0 Å². The molecule has 0 atom stereocenters. The third kappa shape index (κ3) is 6.62. The fourth-order valence-electron chi connectivity index (χ4n) is 2.34. The topological polar surface area (TPSA) is 56.8 Å². The highest BCUT2D eigenvalue weighted by atomic mass is 19.4. The lowest BCUT2D eigenvalue weighted by Gasteiger charge is -2.09. The highest BCUT2D eigenvalue weighted by Crippen LogP contribution is 2.25. The lowest BCUT2D eigenvalue weighted by molar-refractivity contribution is -0.274. The molecule has 0 spiro atoms. The molecule has 0 unspecified atom stereocenters. The number of alkyl halides is 3. The van der Waals surface area contributed by atoms with Crippen molar-refractivity contribution in [1.29, 1.82) is 0 Å². The van der Waals surface area contributed by atoms with E-state index in [4.69, 9.17) is 9.47 Å². The molecule has 0 aromatic heterocycles. The standard InChI is InChI=1S/C20H20F3NO4/c1-26-12-11-24-19(25)16-7-10-18(27-2)15(13-16)6-3-14-4-8-17(9-5-14)28-20(21,22)23/h3-10,13H,11-12H2,1-2H3,(H,24,25)/b6-3+. The highest BCUT2D eigenvalue weighted by molar-refractivity contribution is 5.95. The second kappa shape index (κ2) is 9.80. The fraction of sp³-hybridized carbons (Fsp3) is 0.250. The summed E-state index contributed by atoms with van der Waals surface area (Å²) in [7, 11) is 3.05. The Labute approximate surface area is 160 Å². The van der Waals surface area contributed by atoms with Gasteiger partial charge in [-0.25, -0.2) is 0 Å². The Morgan fingerprint density at radius 2 is 1.79 bits per heavy atom. The van der Waals surface area contributed by atoms with Crippen LogP contribution in [0.25, 0.3) is 12.2 Å². The first-order chi connectivity index (χ1) is 13.3. The Morgan fingerprint density at radius 3 is 2.39 bits per heavy atom. The maximum Gasteiger partial charge on any atom is 0.573 e. The van der Waals surface area contributed by atoms with Crippen LogP contribution in [0.15, 0.2) is 42.5 Å². The number of hydrogen-bond donors (Lipinski definition) is 1. The number of halogens is 3. The van der Waals surface area contributed by atoms with Gasteiger partial charge in [0.25, 0.3) is 5.91 Å². The third-order valence-corrected chi connectivity index (χ3v) is 3.65. The molecule has 0 saturated carbocycles. The van der Waals surface area contributed by atoms with Crippen molar-refractivity contribution in [3.8, 4) is 11.5 Å². The fourth-order valence-corrected chi connectivity index (χ4v) is 2.34. The van der Waals surface area contributed by atoms with Gasteiger partial charge in [-0.3, -0.25) is 4.79 Å². The van der Waals surface area contributed by atoms with E-state index in [2.05, 4.69) is 10.1 Å². The van der Waals surface area contributed by atoms with E-state index in [1.54, 1.807) is 37.5 Å². The van der Waals surface area contributed by atoms with Crippen molar-refractivity contribution >= 4 is 18.1 Å². The predicted molar refractivity (Wildman–Crippen MR) is 99.3 cm³/mol. The predicted octanol–water partition coefficient (Wildman–Crippen LogP) is 4.14. The van der Waals surface area contributed by atoms with Crippen LogP contribution in [0.2, 0.25) is 0 Å². The second-order valence-corrected chi connectivity index (χ2v) is 5.66. The van der Waals surface area contributed by atoms with Crippen molar-refractivity contribution in [2.75, 3.05) is 27.4 Å². The van der Waals surface area contributed by atoms with Crippen LogP contribution in [0, 0.1) is 0 Å². The van der Waals surface area contributed by atoms with E-state index in [0.29, 0.717) is 35.6 Å². The molecule has 5 nitrogen and oxygen atoms in total. The molecule has 0 saturated heterocycles. The Morgan fingerprint density at radius 1 is 1.07 bits per heavy atom. The summed E-state index contributed by atoms with van der Waals surface area (Å²) in [6.45, 7) is 0.793. The van der Waals surface area contributed by atoms with Crippen molar-refractivity contribution in [3.05, 3.63) is 59.2 Å². The minimum atomic E-state index is -4.73. The molecule has 0 radical (unpaired) electrons. The molecule has 150 valence electrons. The van der Waals surface area contributed by atoms with Gasteiger partial charge in [0.1, 0.15) is 11.5 Å². The van der Waals surface area contributed by atoms with E-state index < -0.39 is 6.36 Å². The molecule has 28 heavy (non-hydrogen) atoms. The molecule has 0 aliphatic carbocycles. The van der Waals surface area contributed by atoms with E-state index in [-0.39, 0.29) is 11.7 Å². The number of carbonyl (C=O) groups is 1. The molecule has 8 heteroatoms. The number of ether oxygens (including phenoxy) is 3. The summed E-state index contributed by atoms with van der Waals surface area (Å²) >= 11 is 0. The summed E-state index contributed by atoms with van der Waals surface area (Å²) in [5, 5.41) is 2.73. The molecule has 2 aromatic carbocycles. The van der Waals surface area contributed by atoms with Gasteiger partial charge < -0.3 is 19.5 Å². The smallest absolute Gasteiger partial charge is 0.496 e. The average Bonchev–Trinajstić information content (AvgIpc) is 2.66. The number of rotatable bonds is 8. The van der Waals surface area contributed by atoms with Crippen LogP contribution in [0.3, 0.4) is 0 Å². The number of carbonyl (C=O) groups excluding carboxylic acids is 1. The Balaban J connectivity index is 2.15. The summed E-state index contributed by atoms with van der Waals surface area (Å²) in [6.07, 6.45) is -1.32. The number of benzene rings is 2. The van der Waals surface area contributed by atoms with Gasteiger partial charge in [-0.2, -0.15) is 0 Å². The molecule has 0 bridgehead atoms. The summed E-state index contributed by atoms with van der Waals surface area (Å²) in [6, 6.07) is 10.4. The first kappa shape index (κ1) is 21.3. The maximum absolute atomic E-state index is 12.2. The second-order valence-electron chi connectivity index (χ2n) is 5.66. The molecule has 2 rings (SSSR count). The number of amides is 1. The van der Waals surface area contributed by atoms with Gasteiger partial charge in [-0.15, -0.1) is 13.2 Å². The maximum atomic E-state index is 12.2. The number of hydrogen-bond acceptors (Lipinski definition) is 4. The quantitative estimate of drug-likeness (QED) is 0.539. The summed E-state index contributed by atoms with van der Waals surface area (Å²) < 4.78 is 50.6. The van der Waals surface area contributed by atoms with Crippen molar-refractivity contribution in [2.45, 2.75) is 6.36 Å². The molecule has 0 aliphatic rings. The molecule has 1 amide bonds. The van der Waals surface area contributed by atoms with E-state index in [1.807, 2.05) is 0 Å². The summed E-state index contributed by atoms with van der Waals surface area (Å²) in [5.74, 6) is 0.0154. The van der Waals surface area contributed by atoms with Crippen LogP contribution in [-0.4, -0.2) is 39.6 Å².